The molecule has 0 radical (unpaired) electrons. The second-order valence-corrected chi connectivity index (χ2v) is 7.97. The number of amides is 2. The van der Waals surface area contributed by atoms with Crippen LogP contribution in [-0.4, -0.2) is 65.8 Å². The van der Waals surface area contributed by atoms with Crippen LogP contribution in [0.4, 0.5) is 16.3 Å². The monoisotopic (exact) mass is 446 g/mol. The van der Waals surface area contributed by atoms with Gasteiger partial charge in [0.15, 0.2) is 5.82 Å². The number of hydrogen-bond acceptors (Lipinski definition) is 7. The standard InChI is InChI=1S/C24H26N6O3/c1-32-19-6-2-5-18(14-19)26-24(31)30-9-7-21-20(16-30)23(29-10-12-33-13-11-29)28-22(27-21)17-4-3-8-25-15-17/h2-6,8,14-15H,7,9-13,16H2,1H3,(H,26,31). The van der Waals surface area contributed by atoms with Gasteiger partial charge in [0, 0.05) is 61.3 Å². The zero-order chi connectivity index (χ0) is 22.6. The highest BCUT2D eigenvalue weighted by molar-refractivity contribution is 5.89. The molecule has 170 valence electrons. The third-order valence-corrected chi connectivity index (χ3v) is 5.88. The smallest absolute Gasteiger partial charge is 0.322 e. The van der Waals surface area contributed by atoms with Crippen molar-refractivity contribution in [1.29, 1.82) is 0 Å². The Bertz CT molecular complexity index is 1130. The molecule has 9 heteroatoms. The molecular weight excluding hydrogens is 420 g/mol. The summed E-state index contributed by atoms with van der Waals surface area (Å²) < 4.78 is 10.8. The van der Waals surface area contributed by atoms with Crippen LogP contribution in [0.25, 0.3) is 11.4 Å². The molecule has 2 amide bonds. The number of pyridine rings is 1. The van der Waals surface area contributed by atoms with Crippen molar-refractivity contribution in [1.82, 2.24) is 19.9 Å². The van der Waals surface area contributed by atoms with Gasteiger partial charge in [0.1, 0.15) is 11.6 Å². The van der Waals surface area contributed by atoms with E-state index in [4.69, 9.17) is 19.4 Å². The van der Waals surface area contributed by atoms with Crippen molar-refractivity contribution in [3.63, 3.8) is 0 Å². The Morgan fingerprint density at radius 1 is 1.12 bits per heavy atom. The molecular formula is C24H26N6O3. The fourth-order valence-corrected chi connectivity index (χ4v) is 4.13. The number of anilines is 2. The van der Waals surface area contributed by atoms with Crippen LogP contribution in [-0.2, 0) is 17.7 Å². The molecule has 4 heterocycles. The summed E-state index contributed by atoms with van der Waals surface area (Å²) in [7, 11) is 1.61. The minimum Gasteiger partial charge on any atom is -0.497 e. The summed E-state index contributed by atoms with van der Waals surface area (Å²) in [6, 6.07) is 11.0. The van der Waals surface area contributed by atoms with E-state index in [9.17, 15) is 4.79 Å². The number of carbonyl (C=O) groups is 1. The number of fused-ring (bicyclic) bond motifs is 1. The van der Waals surface area contributed by atoms with Gasteiger partial charge in [0.2, 0.25) is 0 Å². The topological polar surface area (TPSA) is 92.7 Å². The first-order valence-corrected chi connectivity index (χ1v) is 11.0. The fraction of sp³-hybridized carbons (Fsp3) is 0.333. The van der Waals surface area contributed by atoms with Crippen molar-refractivity contribution in [2.45, 2.75) is 13.0 Å². The number of methoxy groups -OCH3 is 1. The molecule has 0 unspecified atom stereocenters. The summed E-state index contributed by atoms with van der Waals surface area (Å²) in [6.45, 7) is 3.85. The molecule has 1 fully saturated rings. The lowest BCUT2D eigenvalue weighted by atomic mass is 10.0. The first-order valence-electron chi connectivity index (χ1n) is 11.0. The van der Waals surface area contributed by atoms with Crippen molar-refractivity contribution < 1.29 is 14.3 Å². The summed E-state index contributed by atoms with van der Waals surface area (Å²) in [5, 5.41) is 2.98. The Morgan fingerprint density at radius 2 is 2.00 bits per heavy atom. The lowest BCUT2D eigenvalue weighted by Gasteiger charge is -2.34. The first kappa shape index (κ1) is 21.1. The summed E-state index contributed by atoms with van der Waals surface area (Å²) in [6.07, 6.45) is 4.18. The normalized spacial score (nSPS) is 15.7. The largest absolute Gasteiger partial charge is 0.497 e. The summed E-state index contributed by atoms with van der Waals surface area (Å²) in [4.78, 5) is 31.1. The quantitative estimate of drug-likeness (QED) is 0.659. The first-order chi connectivity index (χ1) is 16.2. The van der Waals surface area contributed by atoms with Gasteiger partial charge in [-0.1, -0.05) is 6.07 Å². The molecule has 2 aromatic heterocycles. The van der Waals surface area contributed by atoms with Crippen molar-refractivity contribution in [2.24, 2.45) is 0 Å². The Kier molecular flexibility index (Phi) is 6.03. The van der Waals surface area contributed by atoms with Crippen molar-refractivity contribution in [3.8, 4) is 17.1 Å². The number of rotatable bonds is 4. The van der Waals surface area contributed by atoms with E-state index < -0.39 is 0 Å². The van der Waals surface area contributed by atoms with Crippen LogP contribution in [0.2, 0.25) is 0 Å². The maximum atomic E-state index is 13.0. The highest BCUT2D eigenvalue weighted by atomic mass is 16.5. The zero-order valence-electron chi connectivity index (χ0n) is 18.5. The lowest BCUT2D eigenvalue weighted by Crippen LogP contribution is -2.42. The third-order valence-electron chi connectivity index (χ3n) is 5.88. The van der Waals surface area contributed by atoms with Gasteiger partial charge in [-0.05, 0) is 24.3 Å². The van der Waals surface area contributed by atoms with Gasteiger partial charge in [-0.3, -0.25) is 4.98 Å². The fourth-order valence-electron chi connectivity index (χ4n) is 4.13. The molecule has 1 N–H and O–H groups in total. The van der Waals surface area contributed by atoms with Gasteiger partial charge >= 0.3 is 6.03 Å². The summed E-state index contributed by atoms with van der Waals surface area (Å²) in [5.41, 5.74) is 3.56. The van der Waals surface area contributed by atoms with Crippen LogP contribution in [0.5, 0.6) is 5.75 Å². The zero-order valence-corrected chi connectivity index (χ0v) is 18.5. The molecule has 3 aromatic rings. The van der Waals surface area contributed by atoms with Crippen LogP contribution >= 0.6 is 0 Å². The van der Waals surface area contributed by atoms with Gasteiger partial charge in [-0.25, -0.2) is 14.8 Å². The molecule has 2 aliphatic rings. The molecule has 5 rings (SSSR count). The number of nitrogens with one attached hydrogen (secondary N) is 1. The van der Waals surface area contributed by atoms with E-state index in [1.165, 1.54) is 0 Å². The predicted octanol–water partition coefficient (Wildman–Crippen LogP) is 2.97. The predicted molar refractivity (Wildman–Crippen MR) is 124 cm³/mol. The Hall–Kier alpha value is -3.72. The average molecular weight is 447 g/mol. The average Bonchev–Trinajstić information content (AvgIpc) is 2.89. The van der Waals surface area contributed by atoms with Gasteiger partial charge in [-0.15, -0.1) is 0 Å². The number of carbonyl (C=O) groups excluding carboxylic acids is 1. The van der Waals surface area contributed by atoms with E-state index in [1.54, 1.807) is 30.5 Å². The third kappa shape index (κ3) is 4.58. The highest BCUT2D eigenvalue weighted by Gasteiger charge is 2.28. The molecule has 0 aliphatic carbocycles. The van der Waals surface area contributed by atoms with E-state index in [1.807, 2.05) is 30.3 Å². The van der Waals surface area contributed by atoms with Gasteiger partial charge in [-0.2, -0.15) is 0 Å². The number of nitrogens with zero attached hydrogens (tertiary/aromatic N) is 5. The summed E-state index contributed by atoms with van der Waals surface area (Å²) >= 11 is 0. The van der Waals surface area contributed by atoms with Crippen molar-refractivity contribution in [3.05, 3.63) is 60.0 Å². The molecule has 1 saturated heterocycles. The number of benzene rings is 1. The minimum absolute atomic E-state index is 0.154. The van der Waals surface area contributed by atoms with Crippen molar-refractivity contribution >= 4 is 17.5 Å². The molecule has 0 atom stereocenters. The number of hydrogen-bond donors (Lipinski definition) is 1. The molecule has 1 aromatic carbocycles. The molecule has 0 saturated carbocycles. The lowest BCUT2D eigenvalue weighted by molar-refractivity contribution is 0.122. The van der Waals surface area contributed by atoms with Gasteiger partial charge < -0.3 is 24.6 Å². The van der Waals surface area contributed by atoms with Crippen LogP contribution in [0, 0.1) is 0 Å². The van der Waals surface area contributed by atoms with E-state index in [0.717, 1.165) is 35.7 Å². The summed E-state index contributed by atoms with van der Waals surface area (Å²) in [5.74, 6) is 2.24. The Balaban J connectivity index is 1.43. The second-order valence-electron chi connectivity index (χ2n) is 7.97. The molecule has 2 aliphatic heterocycles. The van der Waals surface area contributed by atoms with Crippen LogP contribution in [0.15, 0.2) is 48.8 Å². The van der Waals surface area contributed by atoms with Gasteiger partial charge in [0.05, 0.1) is 32.6 Å². The maximum Gasteiger partial charge on any atom is 0.322 e. The Morgan fingerprint density at radius 3 is 2.79 bits per heavy atom. The van der Waals surface area contributed by atoms with E-state index >= 15 is 0 Å². The Labute approximate surface area is 192 Å². The van der Waals surface area contributed by atoms with Gasteiger partial charge in [0.25, 0.3) is 0 Å². The van der Waals surface area contributed by atoms with Crippen molar-refractivity contribution in [2.75, 3.05) is 50.2 Å². The molecule has 0 bridgehead atoms. The second kappa shape index (κ2) is 9.41. The number of aromatic nitrogens is 3. The highest BCUT2D eigenvalue weighted by Crippen LogP contribution is 2.30. The number of urea groups is 1. The van der Waals surface area contributed by atoms with E-state index in [2.05, 4.69) is 15.2 Å². The molecule has 33 heavy (non-hydrogen) atoms. The number of morpholine rings is 1. The number of ether oxygens (including phenoxy) is 2. The van der Waals surface area contributed by atoms with Crippen LogP contribution < -0.4 is 15.0 Å². The molecule has 0 spiro atoms. The van der Waals surface area contributed by atoms with Crippen LogP contribution in [0.1, 0.15) is 11.3 Å². The SMILES string of the molecule is COc1cccc(NC(=O)N2CCc3nc(-c4cccnc4)nc(N4CCOCC4)c3C2)c1. The van der Waals surface area contributed by atoms with E-state index in [0.29, 0.717) is 50.0 Å². The molecule has 9 nitrogen and oxygen atoms in total. The van der Waals surface area contributed by atoms with Crippen LogP contribution in [0.3, 0.4) is 0 Å². The maximum absolute atomic E-state index is 13.0. The minimum atomic E-state index is -0.154. The van der Waals surface area contributed by atoms with E-state index in [-0.39, 0.29) is 6.03 Å².